The van der Waals surface area contributed by atoms with Crippen LogP contribution in [0.2, 0.25) is 0 Å². The van der Waals surface area contributed by atoms with Gasteiger partial charge in [0.15, 0.2) is 4.96 Å². The molecule has 0 radical (unpaired) electrons. The molecule has 2 aromatic heterocycles. The lowest BCUT2D eigenvalue weighted by molar-refractivity contribution is 0.884. The second-order valence-electron chi connectivity index (χ2n) is 3.02. The number of thiazole rings is 1. The summed E-state index contributed by atoms with van der Waals surface area (Å²) in [6, 6.07) is 0. The summed E-state index contributed by atoms with van der Waals surface area (Å²) < 4.78 is 3.55. The molecule has 3 rings (SSSR count). The highest BCUT2D eigenvalue weighted by atomic mass is 127. The van der Waals surface area contributed by atoms with Gasteiger partial charge in [0.25, 0.3) is 0 Å². The fourth-order valence-corrected chi connectivity index (χ4v) is 3.79. The molecule has 2 aromatic rings. The van der Waals surface area contributed by atoms with Crippen LogP contribution in [0, 0.1) is 3.70 Å². The molecule has 2 heterocycles. The minimum Gasteiger partial charge on any atom is -0.282 e. The van der Waals surface area contributed by atoms with Crippen molar-refractivity contribution in [3.8, 4) is 0 Å². The van der Waals surface area contributed by atoms with E-state index in [1.165, 1.54) is 33.6 Å². The number of hydrogen-bond donors (Lipinski definition) is 0. The second-order valence-corrected chi connectivity index (χ2v) is 5.19. The van der Waals surface area contributed by atoms with E-state index in [0.29, 0.717) is 0 Å². The van der Waals surface area contributed by atoms with Crippen molar-refractivity contribution >= 4 is 38.9 Å². The lowest BCUT2D eigenvalue weighted by Crippen LogP contribution is -1.89. The van der Waals surface area contributed by atoms with Gasteiger partial charge in [-0.1, -0.05) is 0 Å². The van der Waals surface area contributed by atoms with Gasteiger partial charge in [-0.3, -0.25) is 4.40 Å². The minimum absolute atomic E-state index is 1.17. The van der Waals surface area contributed by atoms with Gasteiger partial charge in [0, 0.05) is 10.6 Å². The van der Waals surface area contributed by atoms with Crippen molar-refractivity contribution in [1.29, 1.82) is 0 Å². The number of hydrogen-bond acceptors (Lipinski definition) is 2. The number of halogens is 1. The first kappa shape index (κ1) is 7.32. The van der Waals surface area contributed by atoms with Crippen molar-refractivity contribution in [3.05, 3.63) is 20.5 Å². The highest BCUT2D eigenvalue weighted by Gasteiger charge is 2.19. The van der Waals surface area contributed by atoms with E-state index in [2.05, 4.69) is 32.0 Å². The SMILES string of the molecule is Ic1cnc2sc3c(n12)CCC3. The molecule has 0 saturated carbocycles. The zero-order valence-corrected chi connectivity index (χ0v) is 9.35. The molecular formula is C8H7IN2S. The first-order valence-corrected chi connectivity index (χ1v) is 5.89. The Balaban J connectivity index is 2.46. The topological polar surface area (TPSA) is 17.3 Å². The van der Waals surface area contributed by atoms with E-state index in [1.54, 1.807) is 4.88 Å². The van der Waals surface area contributed by atoms with E-state index in [1.807, 2.05) is 17.5 Å². The van der Waals surface area contributed by atoms with Gasteiger partial charge in [0.1, 0.15) is 3.70 Å². The largest absolute Gasteiger partial charge is 0.282 e. The number of fused-ring (bicyclic) bond motifs is 3. The fraction of sp³-hybridized carbons (Fsp3) is 0.375. The van der Waals surface area contributed by atoms with Crippen LogP contribution >= 0.6 is 33.9 Å². The Hall–Kier alpha value is -0.100. The molecule has 1 aliphatic carbocycles. The molecule has 0 saturated heterocycles. The van der Waals surface area contributed by atoms with Gasteiger partial charge in [0.2, 0.25) is 0 Å². The van der Waals surface area contributed by atoms with E-state index >= 15 is 0 Å². The van der Waals surface area contributed by atoms with Crippen LogP contribution in [0.3, 0.4) is 0 Å². The van der Waals surface area contributed by atoms with Crippen LogP contribution in [0.5, 0.6) is 0 Å². The highest BCUT2D eigenvalue weighted by Crippen LogP contribution is 2.31. The molecular weight excluding hydrogens is 283 g/mol. The van der Waals surface area contributed by atoms with Crippen molar-refractivity contribution < 1.29 is 0 Å². The molecule has 2 nitrogen and oxygen atoms in total. The maximum absolute atomic E-state index is 4.36. The molecule has 0 aliphatic heterocycles. The van der Waals surface area contributed by atoms with Crippen molar-refractivity contribution in [2.75, 3.05) is 0 Å². The van der Waals surface area contributed by atoms with E-state index in [4.69, 9.17) is 0 Å². The number of aromatic nitrogens is 2. The lowest BCUT2D eigenvalue weighted by atomic mass is 10.4. The second kappa shape index (κ2) is 2.45. The van der Waals surface area contributed by atoms with Crippen LogP contribution in [0.25, 0.3) is 4.96 Å². The third kappa shape index (κ3) is 0.821. The molecule has 12 heavy (non-hydrogen) atoms. The minimum atomic E-state index is 1.17. The molecule has 62 valence electrons. The molecule has 0 fully saturated rings. The molecule has 0 atom stereocenters. The Kier molecular flexibility index (Phi) is 1.49. The Bertz CT molecular complexity index is 443. The summed E-state index contributed by atoms with van der Waals surface area (Å²) in [7, 11) is 0. The van der Waals surface area contributed by atoms with Crippen LogP contribution in [-0.4, -0.2) is 9.38 Å². The highest BCUT2D eigenvalue weighted by molar-refractivity contribution is 14.1. The van der Waals surface area contributed by atoms with Crippen LogP contribution < -0.4 is 0 Å². The summed E-state index contributed by atoms with van der Waals surface area (Å²) in [5.74, 6) is 0. The van der Waals surface area contributed by atoms with E-state index in [-0.39, 0.29) is 0 Å². The van der Waals surface area contributed by atoms with Crippen molar-refractivity contribution in [2.24, 2.45) is 0 Å². The van der Waals surface area contributed by atoms with E-state index < -0.39 is 0 Å². The van der Waals surface area contributed by atoms with E-state index in [9.17, 15) is 0 Å². The predicted octanol–water partition coefficient (Wildman–Crippen LogP) is 2.49. The number of aryl methyl sites for hydroxylation is 2. The fourth-order valence-electron chi connectivity index (χ4n) is 1.79. The number of rotatable bonds is 0. The van der Waals surface area contributed by atoms with Crippen LogP contribution in [-0.2, 0) is 12.8 Å². The van der Waals surface area contributed by atoms with Crippen molar-refractivity contribution in [2.45, 2.75) is 19.3 Å². The molecule has 1 aliphatic rings. The van der Waals surface area contributed by atoms with Crippen molar-refractivity contribution in [3.63, 3.8) is 0 Å². The monoisotopic (exact) mass is 290 g/mol. The maximum atomic E-state index is 4.36. The zero-order chi connectivity index (χ0) is 8.13. The Morgan fingerprint density at radius 3 is 3.33 bits per heavy atom. The third-order valence-electron chi connectivity index (χ3n) is 2.31. The molecule has 0 N–H and O–H groups in total. The summed E-state index contributed by atoms with van der Waals surface area (Å²) in [5.41, 5.74) is 1.51. The summed E-state index contributed by atoms with van der Waals surface area (Å²) in [5, 5.41) is 0. The van der Waals surface area contributed by atoms with Crippen LogP contribution in [0.4, 0.5) is 0 Å². The third-order valence-corrected chi connectivity index (χ3v) is 4.23. The summed E-state index contributed by atoms with van der Waals surface area (Å²) in [4.78, 5) is 7.08. The standard InChI is InChI=1S/C8H7IN2S/c9-7-4-10-8-11(7)5-2-1-3-6(5)12-8/h4H,1-3H2. The molecule has 0 amide bonds. The number of imidazole rings is 1. The maximum Gasteiger partial charge on any atom is 0.194 e. The number of nitrogens with zero attached hydrogens (tertiary/aromatic N) is 2. The lowest BCUT2D eigenvalue weighted by Gasteiger charge is -1.92. The van der Waals surface area contributed by atoms with E-state index in [0.717, 1.165) is 0 Å². The quantitative estimate of drug-likeness (QED) is 0.681. The van der Waals surface area contributed by atoms with Crippen LogP contribution in [0.1, 0.15) is 17.0 Å². The summed E-state index contributed by atoms with van der Waals surface area (Å²) >= 11 is 4.20. The Morgan fingerprint density at radius 2 is 2.42 bits per heavy atom. The summed E-state index contributed by atoms with van der Waals surface area (Å²) in [6.07, 6.45) is 5.78. The normalized spacial score (nSPS) is 15.8. The van der Waals surface area contributed by atoms with Gasteiger partial charge in [-0.2, -0.15) is 0 Å². The van der Waals surface area contributed by atoms with Gasteiger partial charge in [-0.15, -0.1) is 11.3 Å². The molecule has 4 heteroatoms. The Labute approximate surface area is 87.8 Å². The van der Waals surface area contributed by atoms with Gasteiger partial charge in [-0.25, -0.2) is 4.98 Å². The predicted molar refractivity (Wildman–Crippen MR) is 57.8 cm³/mol. The van der Waals surface area contributed by atoms with Gasteiger partial charge >= 0.3 is 0 Å². The first-order chi connectivity index (χ1) is 5.86. The molecule has 0 unspecified atom stereocenters. The molecule has 0 bridgehead atoms. The van der Waals surface area contributed by atoms with Gasteiger partial charge < -0.3 is 0 Å². The van der Waals surface area contributed by atoms with Gasteiger partial charge in [-0.05, 0) is 41.9 Å². The van der Waals surface area contributed by atoms with Crippen LogP contribution in [0.15, 0.2) is 6.20 Å². The molecule has 0 spiro atoms. The van der Waals surface area contributed by atoms with Crippen molar-refractivity contribution in [1.82, 2.24) is 9.38 Å². The first-order valence-electron chi connectivity index (χ1n) is 4.00. The zero-order valence-electron chi connectivity index (χ0n) is 6.38. The Morgan fingerprint density at radius 1 is 1.50 bits per heavy atom. The van der Waals surface area contributed by atoms with Gasteiger partial charge in [0.05, 0.1) is 6.20 Å². The molecule has 0 aromatic carbocycles. The summed E-state index contributed by atoms with van der Waals surface area (Å²) in [6.45, 7) is 0. The average Bonchev–Trinajstić information content (AvgIpc) is 2.61. The average molecular weight is 290 g/mol. The smallest absolute Gasteiger partial charge is 0.194 e.